The Morgan fingerprint density at radius 3 is 2.33 bits per heavy atom. The Morgan fingerprint density at radius 2 is 1.67 bits per heavy atom. The molecule has 3 heterocycles. The highest BCUT2D eigenvalue weighted by Gasteiger charge is 2.45. The van der Waals surface area contributed by atoms with Crippen LogP contribution in [-0.2, 0) is 30.3 Å². The molecule has 3 fully saturated rings. The number of amides is 1. The van der Waals surface area contributed by atoms with Crippen molar-refractivity contribution in [2.45, 2.75) is 65.0 Å². The number of nitrogens with zero attached hydrogens (tertiary/aromatic N) is 3. The number of likely N-dealkylation sites (tertiary alicyclic amines) is 2. The predicted octanol–water partition coefficient (Wildman–Crippen LogP) is 3.71. The summed E-state index contributed by atoms with van der Waals surface area (Å²) in [5.41, 5.74) is 0.523. The van der Waals surface area contributed by atoms with E-state index in [9.17, 15) is 14.4 Å². The fourth-order valence-corrected chi connectivity index (χ4v) is 6.14. The summed E-state index contributed by atoms with van der Waals surface area (Å²) in [5.74, 6) is -0.0373. The summed E-state index contributed by atoms with van der Waals surface area (Å²) >= 11 is 0. The quantitative estimate of drug-likeness (QED) is 0.291. The number of hydrogen-bond acceptors (Lipinski definition) is 8. The van der Waals surface area contributed by atoms with Crippen LogP contribution in [0.5, 0.6) is 0 Å². The summed E-state index contributed by atoms with van der Waals surface area (Å²) in [7, 11) is 0. The van der Waals surface area contributed by atoms with E-state index in [4.69, 9.17) is 14.2 Å². The molecule has 3 aliphatic rings. The van der Waals surface area contributed by atoms with Gasteiger partial charge < -0.3 is 19.1 Å². The van der Waals surface area contributed by atoms with Crippen molar-refractivity contribution >= 4 is 18.0 Å². The smallest absolute Gasteiger partial charge is 0.410 e. The van der Waals surface area contributed by atoms with Crippen molar-refractivity contribution in [1.82, 2.24) is 14.7 Å². The van der Waals surface area contributed by atoms with Crippen LogP contribution >= 0.6 is 0 Å². The van der Waals surface area contributed by atoms with E-state index in [0.717, 1.165) is 32.6 Å². The lowest BCUT2D eigenvalue weighted by atomic mass is 9.75. The lowest BCUT2D eigenvalue weighted by Gasteiger charge is -2.39. The zero-order valence-corrected chi connectivity index (χ0v) is 23.6. The molecule has 3 aliphatic heterocycles. The van der Waals surface area contributed by atoms with Crippen molar-refractivity contribution in [2.24, 2.45) is 11.3 Å². The summed E-state index contributed by atoms with van der Waals surface area (Å²) in [6.07, 6.45) is 4.05. The molecule has 0 bridgehead atoms. The van der Waals surface area contributed by atoms with Gasteiger partial charge in [-0.2, -0.15) is 0 Å². The highest BCUT2D eigenvalue weighted by molar-refractivity contribution is 5.83. The minimum Gasteiger partial charge on any atom is -0.466 e. The number of rotatable bonds is 12. The Hall–Kier alpha value is -2.65. The van der Waals surface area contributed by atoms with E-state index >= 15 is 0 Å². The maximum Gasteiger partial charge on any atom is 0.410 e. The highest BCUT2D eigenvalue weighted by atomic mass is 16.6. The van der Waals surface area contributed by atoms with Gasteiger partial charge in [0.1, 0.15) is 6.10 Å². The number of ether oxygens (including phenoxy) is 3. The second kappa shape index (κ2) is 14.1. The van der Waals surface area contributed by atoms with Crippen LogP contribution in [0.15, 0.2) is 30.3 Å². The van der Waals surface area contributed by atoms with E-state index in [1.165, 1.54) is 18.4 Å². The van der Waals surface area contributed by atoms with E-state index in [-0.39, 0.29) is 37.2 Å². The summed E-state index contributed by atoms with van der Waals surface area (Å²) in [6, 6.07) is 10.6. The van der Waals surface area contributed by atoms with Crippen LogP contribution < -0.4 is 0 Å². The van der Waals surface area contributed by atoms with E-state index in [0.29, 0.717) is 51.5 Å². The molecule has 0 aliphatic carbocycles. The van der Waals surface area contributed by atoms with Gasteiger partial charge in [-0.3, -0.25) is 19.4 Å². The molecular formula is C30H45N3O6. The Bertz CT molecular complexity index is 941. The van der Waals surface area contributed by atoms with Gasteiger partial charge >= 0.3 is 18.0 Å². The van der Waals surface area contributed by atoms with Gasteiger partial charge in [-0.05, 0) is 83.6 Å². The van der Waals surface area contributed by atoms with Gasteiger partial charge in [0.15, 0.2) is 0 Å². The molecule has 0 radical (unpaired) electrons. The number of cyclic esters (lactones) is 1. The molecule has 0 N–H and O–H groups in total. The minimum atomic E-state index is -0.839. The van der Waals surface area contributed by atoms with Gasteiger partial charge in [0, 0.05) is 19.6 Å². The zero-order chi connectivity index (χ0) is 27.7. The SMILES string of the molecule is CCOC(=O)CC1(C(=O)OCC)CCN(CC2CN(CCC3CCN(Cc4ccccc4)CC3)C(=O)O2)CC1. The molecule has 1 aromatic carbocycles. The van der Waals surface area contributed by atoms with E-state index in [2.05, 4.69) is 40.1 Å². The third-order valence-corrected chi connectivity index (χ3v) is 8.48. The molecule has 4 rings (SSSR count). The summed E-state index contributed by atoms with van der Waals surface area (Å²) < 4.78 is 16.2. The van der Waals surface area contributed by atoms with Crippen molar-refractivity contribution in [2.75, 3.05) is 59.0 Å². The van der Waals surface area contributed by atoms with Crippen LogP contribution in [-0.4, -0.2) is 97.9 Å². The Morgan fingerprint density at radius 1 is 0.974 bits per heavy atom. The lowest BCUT2D eigenvalue weighted by molar-refractivity contribution is -0.165. The van der Waals surface area contributed by atoms with Gasteiger partial charge in [0.25, 0.3) is 0 Å². The summed E-state index contributed by atoms with van der Waals surface area (Å²) in [4.78, 5) is 44.2. The number of piperidine rings is 2. The number of benzene rings is 1. The molecule has 216 valence electrons. The van der Waals surface area contributed by atoms with Gasteiger partial charge in [-0.25, -0.2) is 4.79 Å². The first-order valence-corrected chi connectivity index (χ1v) is 14.7. The highest BCUT2D eigenvalue weighted by Crippen LogP contribution is 2.37. The maximum atomic E-state index is 12.8. The normalized spacial score (nSPS) is 22.5. The van der Waals surface area contributed by atoms with E-state index in [1.54, 1.807) is 13.8 Å². The number of esters is 2. The Labute approximate surface area is 232 Å². The molecule has 39 heavy (non-hydrogen) atoms. The largest absolute Gasteiger partial charge is 0.466 e. The summed E-state index contributed by atoms with van der Waals surface area (Å²) in [5, 5.41) is 0. The molecule has 9 heteroatoms. The van der Waals surface area contributed by atoms with Crippen LogP contribution in [0, 0.1) is 11.3 Å². The third-order valence-electron chi connectivity index (χ3n) is 8.48. The summed E-state index contributed by atoms with van der Waals surface area (Å²) in [6.45, 7) is 10.6. The van der Waals surface area contributed by atoms with Crippen molar-refractivity contribution < 1.29 is 28.6 Å². The number of carbonyl (C=O) groups excluding carboxylic acids is 3. The zero-order valence-electron chi connectivity index (χ0n) is 23.6. The molecule has 1 unspecified atom stereocenters. The topological polar surface area (TPSA) is 88.6 Å². The van der Waals surface area contributed by atoms with E-state index < -0.39 is 5.41 Å². The molecule has 9 nitrogen and oxygen atoms in total. The molecule has 1 atom stereocenters. The predicted molar refractivity (Wildman–Crippen MR) is 147 cm³/mol. The van der Waals surface area contributed by atoms with Crippen LogP contribution in [0.4, 0.5) is 4.79 Å². The van der Waals surface area contributed by atoms with E-state index in [1.807, 2.05) is 4.90 Å². The number of hydrogen-bond donors (Lipinski definition) is 0. The first kappa shape index (κ1) is 29.3. The van der Waals surface area contributed by atoms with Crippen LogP contribution in [0.25, 0.3) is 0 Å². The lowest BCUT2D eigenvalue weighted by Crippen LogP contribution is -2.48. The molecule has 0 aromatic heterocycles. The molecule has 1 amide bonds. The minimum absolute atomic E-state index is 0.0465. The maximum absolute atomic E-state index is 12.8. The molecule has 3 saturated heterocycles. The standard InChI is InChI=1S/C30H45N3O6/c1-3-37-27(34)20-30(28(35)38-4-2)13-18-32(19-14-30)22-26-23-33(29(36)39-26)17-12-24-10-15-31(16-11-24)21-25-8-6-5-7-9-25/h5-9,24,26H,3-4,10-23H2,1-2H3. The fourth-order valence-electron chi connectivity index (χ4n) is 6.14. The molecule has 0 saturated carbocycles. The number of carbonyl (C=O) groups is 3. The second-order valence-electron chi connectivity index (χ2n) is 11.2. The van der Waals surface area contributed by atoms with Crippen molar-refractivity contribution in [3.8, 4) is 0 Å². The van der Waals surface area contributed by atoms with Crippen molar-refractivity contribution in [1.29, 1.82) is 0 Å². The Kier molecular flexibility index (Phi) is 10.6. The molecule has 0 spiro atoms. The van der Waals surface area contributed by atoms with Gasteiger partial charge in [-0.15, -0.1) is 0 Å². The molecular weight excluding hydrogens is 498 g/mol. The van der Waals surface area contributed by atoms with Crippen LogP contribution in [0.3, 0.4) is 0 Å². The average Bonchev–Trinajstić information content (AvgIpc) is 3.28. The average molecular weight is 544 g/mol. The monoisotopic (exact) mass is 543 g/mol. The van der Waals surface area contributed by atoms with Crippen molar-refractivity contribution in [3.05, 3.63) is 35.9 Å². The Balaban J connectivity index is 1.18. The first-order chi connectivity index (χ1) is 18.9. The third kappa shape index (κ3) is 8.18. The fraction of sp³-hybridized carbons (Fsp3) is 0.700. The van der Waals surface area contributed by atoms with Crippen molar-refractivity contribution in [3.63, 3.8) is 0 Å². The van der Waals surface area contributed by atoms with Gasteiger partial charge in [0.2, 0.25) is 0 Å². The van der Waals surface area contributed by atoms with Crippen LogP contribution in [0.1, 0.15) is 57.9 Å². The first-order valence-electron chi connectivity index (χ1n) is 14.7. The van der Waals surface area contributed by atoms with Crippen LogP contribution in [0.2, 0.25) is 0 Å². The second-order valence-corrected chi connectivity index (χ2v) is 11.2. The van der Waals surface area contributed by atoms with Gasteiger partial charge in [0.05, 0.1) is 31.6 Å². The molecule has 1 aromatic rings. The van der Waals surface area contributed by atoms with Gasteiger partial charge in [-0.1, -0.05) is 30.3 Å².